The first-order valence-electron chi connectivity index (χ1n) is 8.12. The summed E-state index contributed by atoms with van der Waals surface area (Å²) in [6.07, 6.45) is -7.86. The molecular formula is C13H12F17NO2S. The molecule has 0 atom stereocenters. The van der Waals surface area contributed by atoms with E-state index < -0.39 is 73.9 Å². The molecule has 21 heteroatoms. The van der Waals surface area contributed by atoms with Crippen molar-refractivity contribution in [2.75, 3.05) is 6.54 Å². The van der Waals surface area contributed by atoms with Crippen LogP contribution in [0.5, 0.6) is 0 Å². The van der Waals surface area contributed by atoms with Crippen LogP contribution in [0.4, 0.5) is 74.6 Å². The molecule has 0 spiro atoms. The zero-order chi connectivity index (χ0) is 28.4. The fraction of sp³-hybridized carbons (Fsp3) is 1.00. The lowest BCUT2D eigenvalue weighted by atomic mass is 9.91. The van der Waals surface area contributed by atoms with Crippen molar-refractivity contribution in [3.8, 4) is 0 Å². The van der Waals surface area contributed by atoms with E-state index in [9.17, 15) is 83.1 Å². The Morgan fingerprint density at radius 3 is 1.06 bits per heavy atom. The molecule has 0 aromatic heterocycles. The van der Waals surface area contributed by atoms with Crippen molar-refractivity contribution in [2.45, 2.75) is 73.8 Å². The molecule has 0 heterocycles. The molecule has 0 saturated heterocycles. The van der Waals surface area contributed by atoms with Gasteiger partial charge in [-0.3, -0.25) is 0 Å². The van der Waals surface area contributed by atoms with Gasteiger partial charge in [0.2, 0.25) is 0 Å². The smallest absolute Gasteiger partial charge is 0.206 e. The Kier molecular flexibility index (Phi) is 8.08. The number of hydrogen-bond acceptors (Lipinski definition) is 2. The van der Waals surface area contributed by atoms with E-state index >= 15 is 0 Å². The van der Waals surface area contributed by atoms with Crippen molar-refractivity contribution >= 4 is 10.0 Å². The first kappa shape index (κ1) is 32.7. The maximum absolute atomic E-state index is 14.0. The van der Waals surface area contributed by atoms with E-state index in [2.05, 4.69) is 0 Å². The quantitative estimate of drug-likeness (QED) is 0.302. The van der Waals surface area contributed by atoms with E-state index in [4.69, 9.17) is 0 Å². The number of nitrogens with zero attached hydrogens (tertiary/aromatic N) is 1. The van der Waals surface area contributed by atoms with Crippen LogP contribution in [0.3, 0.4) is 0 Å². The molecule has 0 aromatic carbocycles. The summed E-state index contributed by atoms with van der Waals surface area (Å²) in [5, 5.41) is -7.51. The van der Waals surface area contributed by atoms with E-state index in [0.29, 0.717) is 20.8 Å². The van der Waals surface area contributed by atoms with E-state index in [0.717, 1.165) is 0 Å². The standard InChI is InChI=1S/C13H12F17NO2S/c1-4-31(5(2)3)34(32,33)13(29,30)11(24,25)9(20,21)7(16,17)6(14,15)8(18,19)10(22,23)12(26,27)28/h5H,4H2,1-3H3. The highest BCUT2D eigenvalue weighted by molar-refractivity contribution is 7.90. The number of sulfonamides is 1. The predicted molar refractivity (Wildman–Crippen MR) is 77.1 cm³/mol. The Bertz CT molecular complexity index is 846. The van der Waals surface area contributed by atoms with Crippen LogP contribution in [0.15, 0.2) is 0 Å². The van der Waals surface area contributed by atoms with Crippen molar-refractivity contribution in [3.63, 3.8) is 0 Å². The van der Waals surface area contributed by atoms with Crippen LogP contribution in [0, 0.1) is 0 Å². The average molecular weight is 569 g/mol. The average Bonchev–Trinajstić information content (AvgIpc) is 2.59. The van der Waals surface area contributed by atoms with Gasteiger partial charge in [-0.25, -0.2) is 8.42 Å². The summed E-state index contributed by atoms with van der Waals surface area (Å²) in [5.74, 6) is -51.5. The largest absolute Gasteiger partial charge is 0.460 e. The van der Waals surface area contributed by atoms with Gasteiger partial charge in [-0.05, 0) is 13.8 Å². The lowest BCUT2D eigenvalue weighted by Crippen LogP contribution is -2.75. The molecule has 0 radical (unpaired) electrons. The normalized spacial score (nSPS) is 16.5. The molecule has 0 aliphatic heterocycles. The summed E-state index contributed by atoms with van der Waals surface area (Å²) >= 11 is 0. The van der Waals surface area contributed by atoms with E-state index in [1.807, 2.05) is 0 Å². The summed E-state index contributed by atoms with van der Waals surface area (Å²) in [7, 11) is -7.21. The Balaban J connectivity index is 7.07. The van der Waals surface area contributed by atoms with E-state index in [1.165, 1.54) is 0 Å². The van der Waals surface area contributed by atoms with Gasteiger partial charge in [0.25, 0.3) is 10.0 Å². The number of hydrogen-bond donors (Lipinski definition) is 0. The third-order valence-corrected chi connectivity index (χ3v) is 6.42. The van der Waals surface area contributed by atoms with Gasteiger partial charge in [-0.2, -0.15) is 78.9 Å². The summed E-state index contributed by atoms with van der Waals surface area (Å²) in [5.41, 5.74) is 0. The Hall–Kier alpha value is -1.28. The summed E-state index contributed by atoms with van der Waals surface area (Å²) in [6.45, 7) is 0.665. The van der Waals surface area contributed by atoms with E-state index in [1.54, 1.807) is 0 Å². The minimum atomic E-state index is -8.82. The van der Waals surface area contributed by atoms with Gasteiger partial charge in [0, 0.05) is 12.6 Å². The highest BCUT2D eigenvalue weighted by Crippen LogP contribution is 2.64. The van der Waals surface area contributed by atoms with Crippen molar-refractivity contribution in [1.29, 1.82) is 0 Å². The molecule has 34 heavy (non-hydrogen) atoms. The topological polar surface area (TPSA) is 37.4 Å². The van der Waals surface area contributed by atoms with Gasteiger partial charge in [-0.1, -0.05) is 6.92 Å². The van der Waals surface area contributed by atoms with Gasteiger partial charge in [-0.15, -0.1) is 0 Å². The highest BCUT2D eigenvalue weighted by Gasteiger charge is 2.96. The minimum Gasteiger partial charge on any atom is -0.206 e. The molecule has 0 aliphatic carbocycles. The van der Waals surface area contributed by atoms with Crippen LogP contribution in [0.2, 0.25) is 0 Å². The van der Waals surface area contributed by atoms with Gasteiger partial charge in [0.1, 0.15) is 0 Å². The second-order valence-corrected chi connectivity index (χ2v) is 8.69. The molecule has 3 nitrogen and oxygen atoms in total. The molecule has 0 rings (SSSR count). The fourth-order valence-electron chi connectivity index (χ4n) is 2.27. The summed E-state index contributed by atoms with van der Waals surface area (Å²) in [6, 6.07) is -1.80. The SMILES string of the molecule is CCN(C(C)C)S(=O)(=O)C(F)(F)C(F)(F)C(F)(F)C(F)(F)C(F)(F)C(F)(F)C(F)(F)C(F)(F)F. The lowest BCUT2D eigenvalue weighted by Gasteiger charge is -2.43. The minimum absolute atomic E-state index is 0.618. The third kappa shape index (κ3) is 3.97. The highest BCUT2D eigenvalue weighted by atomic mass is 32.2. The Morgan fingerprint density at radius 1 is 0.559 bits per heavy atom. The molecule has 206 valence electrons. The predicted octanol–water partition coefficient (Wildman–Crippen LogP) is 6.01. The van der Waals surface area contributed by atoms with Crippen molar-refractivity contribution in [2.24, 2.45) is 0 Å². The Morgan fingerprint density at radius 2 is 0.824 bits per heavy atom. The van der Waals surface area contributed by atoms with Crippen LogP contribution in [-0.2, 0) is 10.0 Å². The molecule has 0 aliphatic rings. The second-order valence-electron chi connectivity index (χ2n) is 6.76. The van der Waals surface area contributed by atoms with Crippen LogP contribution >= 0.6 is 0 Å². The van der Waals surface area contributed by atoms with Crippen molar-refractivity contribution in [1.82, 2.24) is 4.31 Å². The first-order chi connectivity index (χ1) is 14.4. The fourth-order valence-corrected chi connectivity index (χ4v) is 3.91. The molecule has 0 aromatic rings. The molecule has 0 N–H and O–H groups in total. The van der Waals surface area contributed by atoms with Gasteiger partial charge >= 0.3 is 47.0 Å². The van der Waals surface area contributed by atoms with Gasteiger partial charge in [0.15, 0.2) is 0 Å². The molecule has 0 unspecified atom stereocenters. The van der Waals surface area contributed by atoms with Crippen molar-refractivity contribution < 1.29 is 83.1 Å². The second kappa shape index (κ2) is 8.39. The number of rotatable bonds is 10. The van der Waals surface area contributed by atoms with Gasteiger partial charge < -0.3 is 0 Å². The van der Waals surface area contributed by atoms with Gasteiger partial charge in [0.05, 0.1) is 0 Å². The van der Waals surface area contributed by atoms with Crippen LogP contribution < -0.4 is 0 Å². The lowest BCUT2D eigenvalue weighted by molar-refractivity contribution is -0.458. The molecule has 0 bridgehead atoms. The third-order valence-electron chi connectivity index (χ3n) is 4.21. The first-order valence-corrected chi connectivity index (χ1v) is 9.56. The summed E-state index contributed by atoms with van der Waals surface area (Å²) in [4.78, 5) is 0. The molecular weight excluding hydrogens is 557 g/mol. The zero-order valence-electron chi connectivity index (χ0n) is 16.4. The molecule has 0 saturated carbocycles. The van der Waals surface area contributed by atoms with Crippen molar-refractivity contribution in [3.05, 3.63) is 0 Å². The van der Waals surface area contributed by atoms with E-state index in [-0.39, 0.29) is 0 Å². The van der Waals surface area contributed by atoms with Crippen LogP contribution in [0.1, 0.15) is 20.8 Å². The maximum atomic E-state index is 14.0. The number of alkyl halides is 17. The zero-order valence-corrected chi connectivity index (χ0v) is 17.2. The molecule has 0 fully saturated rings. The Labute approximate surface area is 178 Å². The van der Waals surface area contributed by atoms with Crippen LogP contribution in [0.25, 0.3) is 0 Å². The summed E-state index contributed by atoms with van der Waals surface area (Å²) < 4.78 is 247. The monoisotopic (exact) mass is 569 g/mol. The van der Waals surface area contributed by atoms with Crippen LogP contribution in [-0.4, -0.2) is 72.3 Å². The maximum Gasteiger partial charge on any atom is 0.460 e. The number of halogens is 17. The molecule has 0 amide bonds.